The molecule has 1 aromatic heterocycles. The minimum Gasteiger partial charge on any atom is -0.228 e. The van der Waals surface area contributed by atoms with Crippen molar-refractivity contribution in [2.45, 2.75) is 5.41 Å². The topological polar surface area (TPSA) is 25.8 Å². The molecule has 1 aliphatic rings. The summed E-state index contributed by atoms with van der Waals surface area (Å²) in [5, 5.41) is 2.28. The van der Waals surface area contributed by atoms with Gasteiger partial charge in [-0.05, 0) is 136 Å². The van der Waals surface area contributed by atoms with Crippen molar-refractivity contribution >= 4 is 10.8 Å². The minimum atomic E-state index is -0.478. The second-order valence-corrected chi connectivity index (χ2v) is 20.0. The summed E-state index contributed by atoms with van der Waals surface area (Å²) in [5.74, 6) is 0.692. The molecule has 0 saturated carbocycles. The molecule has 0 saturated heterocycles. The SMILES string of the molecule is c1ccc(-c2ccc(-c3cc(-c4ccc(-c5cc(-c6ccccc6)cc(-c6cccc(-c7ccc8c(c7)C(c7ccccc7)(c7ccccc7)c7ccccc7-8)c6)c5)c5ccccc45)nc(-c4ccccc4)n3)cc2)cc1. The Balaban J connectivity index is 0.891. The second kappa shape index (κ2) is 19.4. The zero-order valence-corrected chi connectivity index (χ0v) is 42.3. The van der Waals surface area contributed by atoms with E-state index in [0.29, 0.717) is 5.82 Å². The van der Waals surface area contributed by atoms with Crippen LogP contribution >= 0.6 is 0 Å². The van der Waals surface area contributed by atoms with Crippen molar-refractivity contribution in [2.75, 3.05) is 0 Å². The predicted octanol–water partition coefficient (Wildman–Crippen LogP) is 19.3. The first-order valence-electron chi connectivity index (χ1n) is 26.5. The molecule has 0 bridgehead atoms. The van der Waals surface area contributed by atoms with Crippen LogP contribution in [0.4, 0.5) is 0 Å². The Morgan fingerprint density at radius 1 is 0.208 bits per heavy atom. The number of rotatable bonds is 10. The predicted molar refractivity (Wildman–Crippen MR) is 320 cm³/mol. The van der Waals surface area contributed by atoms with E-state index in [-0.39, 0.29) is 0 Å². The van der Waals surface area contributed by atoms with E-state index >= 15 is 0 Å². The zero-order valence-electron chi connectivity index (χ0n) is 42.3. The maximum absolute atomic E-state index is 5.31. The third kappa shape index (κ3) is 8.16. The Kier molecular flexibility index (Phi) is 11.5. The summed E-state index contributed by atoms with van der Waals surface area (Å²) in [4.78, 5) is 10.5. The number of benzene rings is 12. The van der Waals surface area contributed by atoms with E-state index in [1.165, 1.54) is 61.2 Å². The van der Waals surface area contributed by atoms with Crippen LogP contribution in [0.25, 0.3) is 111 Å². The van der Waals surface area contributed by atoms with Gasteiger partial charge in [0.05, 0.1) is 16.8 Å². The summed E-state index contributed by atoms with van der Waals surface area (Å²) in [5.41, 5.74) is 23.7. The van der Waals surface area contributed by atoms with Gasteiger partial charge in [0, 0.05) is 16.7 Å². The molecule has 1 heterocycles. The zero-order chi connectivity index (χ0) is 51.1. The van der Waals surface area contributed by atoms with Crippen LogP contribution in [0.3, 0.4) is 0 Å². The Hall–Kier alpha value is -10.0. The molecule has 12 aromatic carbocycles. The average Bonchev–Trinajstić information content (AvgIpc) is 4.06. The Bertz CT molecular complexity index is 4240. The largest absolute Gasteiger partial charge is 0.228 e. The van der Waals surface area contributed by atoms with Gasteiger partial charge in [0.25, 0.3) is 0 Å². The standard InChI is InChI=1S/C75H50N2/c1-6-21-51(22-7-1)53-37-39-54(40-38-53)72-50-73(77-74(76-72)55-25-10-3-11-26-55)69-44-43-64(65-33-16-17-34-66(65)69)61-47-59(52-23-8-2-9-24-52)46-60(48-61)57-28-20-27-56(45-57)58-41-42-68-67-35-18-19-36-70(67)75(71(68)49-58,62-29-12-4-13-30-62)63-31-14-5-15-32-63/h1-50H. The summed E-state index contributed by atoms with van der Waals surface area (Å²) in [6, 6.07) is 110. The highest BCUT2D eigenvalue weighted by Crippen LogP contribution is 2.57. The van der Waals surface area contributed by atoms with Gasteiger partial charge >= 0.3 is 0 Å². The van der Waals surface area contributed by atoms with E-state index in [1.807, 2.05) is 18.2 Å². The molecule has 0 N–H and O–H groups in total. The molecule has 0 aliphatic heterocycles. The van der Waals surface area contributed by atoms with Gasteiger partial charge in [0.15, 0.2) is 5.82 Å². The first kappa shape index (κ1) is 45.6. The molecule has 1 aliphatic carbocycles. The van der Waals surface area contributed by atoms with Crippen LogP contribution < -0.4 is 0 Å². The normalized spacial score (nSPS) is 12.3. The maximum Gasteiger partial charge on any atom is 0.160 e. The summed E-state index contributed by atoms with van der Waals surface area (Å²) >= 11 is 0. The Morgan fingerprint density at radius 2 is 0.610 bits per heavy atom. The number of hydrogen-bond acceptors (Lipinski definition) is 2. The van der Waals surface area contributed by atoms with Crippen molar-refractivity contribution in [1.29, 1.82) is 0 Å². The monoisotopic (exact) mass is 978 g/mol. The molecular weight excluding hydrogens is 929 g/mol. The Morgan fingerprint density at radius 3 is 1.27 bits per heavy atom. The molecule has 2 nitrogen and oxygen atoms in total. The maximum atomic E-state index is 5.31. The molecule has 0 unspecified atom stereocenters. The fourth-order valence-corrected chi connectivity index (χ4v) is 11.9. The van der Waals surface area contributed by atoms with Crippen LogP contribution in [0, 0.1) is 0 Å². The molecule has 77 heavy (non-hydrogen) atoms. The van der Waals surface area contributed by atoms with Crippen LogP contribution in [-0.2, 0) is 5.41 Å². The molecule has 0 atom stereocenters. The van der Waals surface area contributed by atoms with Gasteiger partial charge in [0.2, 0.25) is 0 Å². The van der Waals surface area contributed by atoms with E-state index in [0.717, 1.165) is 66.7 Å². The third-order valence-corrected chi connectivity index (χ3v) is 15.6. The Labute approximate surface area is 450 Å². The van der Waals surface area contributed by atoms with E-state index < -0.39 is 5.41 Å². The van der Waals surface area contributed by atoms with E-state index in [4.69, 9.17) is 9.97 Å². The van der Waals surface area contributed by atoms with Gasteiger partial charge < -0.3 is 0 Å². The molecule has 360 valence electrons. The summed E-state index contributed by atoms with van der Waals surface area (Å²) < 4.78 is 0. The lowest BCUT2D eigenvalue weighted by Crippen LogP contribution is -2.28. The summed E-state index contributed by atoms with van der Waals surface area (Å²) in [6.07, 6.45) is 0. The van der Waals surface area contributed by atoms with Crippen LogP contribution in [-0.4, -0.2) is 9.97 Å². The van der Waals surface area contributed by atoms with Crippen molar-refractivity contribution < 1.29 is 0 Å². The first-order valence-corrected chi connectivity index (χ1v) is 26.5. The van der Waals surface area contributed by atoms with Crippen molar-refractivity contribution in [3.05, 3.63) is 326 Å². The number of nitrogens with zero attached hydrogens (tertiary/aromatic N) is 2. The third-order valence-electron chi connectivity index (χ3n) is 15.6. The van der Waals surface area contributed by atoms with E-state index in [1.54, 1.807) is 0 Å². The highest BCUT2D eigenvalue weighted by molar-refractivity contribution is 6.05. The van der Waals surface area contributed by atoms with Crippen LogP contribution in [0.5, 0.6) is 0 Å². The lowest BCUT2D eigenvalue weighted by atomic mass is 9.67. The van der Waals surface area contributed by atoms with Crippen LogP contribution in [0.2, 0.25) is 0 Å². The average molecular weight is 979 g/mol. The van der Waals surface area contributed by atoms with E-state index in [9.17, 15) is 0 Å². The molecule has 14 rings (SSSR count). The highest BCUT2D eigenvalue weighted by Gasteiger charge is 2.46. The molecule has 13 aromatic rings. The van der Waals surface area contributed by atoms with Crippen LogP contribution in [0.1, 0.15) is 22.3 Å². The second-order valence-electron chi connectivity index (χ2n) is 20.0. The molecular formula is C75H50N2. The smallest absolute Gasteiger partial charge is 0.160 e. The fraction of sp³-hybridized carbons (Fsp3) is 0.0133. The first-order chi connectivity index (χ1) is 38.2. The van der Waals surface area contributed by atoms with Crippen molar-refractivity contribution in [2.24, 2.45) is 0 Å². The van der Waals surface area contributed by atoms with Gasteiger partial charge in [-0.1, -0.05) is 267 Å². The lowest BCUT2D eigenvalue weighted by molar-refractivity contribution is 0.769. The van der Waals surface area contributed by atoms with Gasteiger partial charge in [-0.2, -0.15) is 0 Å². The van der Waals surface area contributed by atoms with Crippen molar-refractivity contribution in [1.82, 2.24) is 9.97 Å². The summed E-state index contributed by atoms with van der Waals surface area (Å²) in [6.45, 7) is 0. The number of hydrogen-bond donors (Lipinski definition) is 0. The molecule has 0 amide bonds. The van der Waals surface area contributed by atoms with E-state index in [2.05, 4.69) is 285 Å². The quantitative estimate of drug-likeness (QED) is 0.136. The molecule has 0 spiro atoms. The molecule has 2 heteroatoms. The minimum absolute atomic E-state index is 0.478. The number of fused-ring (bicyclic) bond motifs is 4. The van der Waals surface area contributed by atoms with Crippen molar-refractivity contribution in [3.63, 3.8) is 0 Å². The fourth-order valence-electron chi connectivity index (χ4n) is 11.9. The molecule has 0 fully saturated rings. The van der Waals surface area contributed by atoms with Gasteiger partial charge in [-0.15, -0.1) is 0 Å². The number of aromatic nitrogens is 2. The van der Waals surface area contributed by atoms with Gasteiger partial charge in [-0.25, -0.2) is 9.97 Å². The lowest BCUT2D eigenvalue weighted by Gasteiger charge is -2.34. The van der Waals surface area contributed by atoms with Crippen LogP contribution in [0.15, 0.2) is 303 Å². The van der Waals surface area contributed by atoms with Crippen molar-refractivity contribution in [3.8, 4) is 101 Å². The molecule has 0 radical (unpaired) electrons. The van der Waals surface area contributed by atoms with Gasteiger partial charge in [-0.3, -0.25) is 0 Å². The summed E-state index contributed by atoms with van der Waals surface area (Å²) in [7, 11) is 0. The highest BCUT2D eigenvalue weighted by atomic mass is 14.9. The van der Waals surface area contributed by atoms with Gasteiger partial charge in [0.1, 0.15) is 0 Å².